The summed E-state index contributed by atoms with van der Waals surface area (Å²) in [6.45, 7) is 62.8. The van der Waals surface area contributed by atoms with Gasteiger partial charge in [-0.3, -0.25) is 0 Å². The molecule has 6 aliphatic carbocycles. The molecule has 144 heavy (non-hydrogen) atoms. The molecule has 0 heteroatoms. The van der Waals surface area contributed by atoms with Crippen molar-refractivity contribution in [3.05, 3.63) is 359 Å². The van der Waals surface area contributed by atoms with E-state index in [9.17, 15) is 0 Å². The largest absolute Gasteiger partial charge is 0.0610 e. The molecular weight excluding hydrogens is 1730 g/mol. The van der Waals surface area contributed by atoms with Gasteiger partial charge in [0, 0.05) is 0 Å². The summed E-state index contributed by atoms with van der Waals surface area (Å²) in [5.41, 5.74) is 31.5. The third kappa shape index (κ3) is 13.5. The molecule has 30 rings (SSSR count). The van der Waals surface area contributed by atoms with Crippen molar-refractivity contribution in [2.45, 2.75) is 236 Å². The van der Waals surface area contributed by atoms with Crippen molar-refractivity contribution in [1.82, 2.24) is 0 Å². The van der Waals surface area contributed by atoms with Crippen LogP contribution in [0.5, 0.6) is 0 Å². The van der Waals surface area contributed by atoms with Gasteiger partial charge in [-0.1, -0.05) is 484 Å². The normalized spacial score (nSPS) is 13.5. The molecule has 0 fully saturated rings. The standard InChI is InChI=1S/3C26H26.3C22H18/c1-25(2,3)18-13-11-16-9-7-15-8-10-17-12-14-19(26(4,5)6)24-22(17)20(15)21(16)23(18)24;1-25(2,3)19-13-11-16-14-20(26(4,5)6)17-12-10-15-8-7-9-18-21(15)24(17)22(16)23(18)19;1-25(2,3)19-14-20(26(4,5)6)23-18-9-7-8-15-10-11-16-12-13-17(19)24(23)22(16)21(15)18;1-22(2,3)18-12-14-7-5-9-16-15-8-4-6-13-10-11-17(18)21(19(13)15)20(14)16;1-22(2,3)17-12-11-15-10-9-14-8-7-13-5-4-6-16-18(13)19(14)20(15)21(16)17;1-22(2,3)18-12-11-16-15-6-4-5-13-7-8-14-9-10-17(18)21(16)20(14)19(13)15/h3*7-14H,1-6H3;3*4-12H,1-3H3. The molecule has 0 aliphatic heterocycles. The molecule has 708 valence electrons. The summed E-state index contributed by atoms with van der Waals surface area (Å²) in [6.07, 6.45) is 0. The summed E-state index contributed by atoms with van der Waals surface area (Å²) >= 11 is 0. The predicted molar refractivity (Wildman–Crippen MR) is 636 cm³/mol. The van der Waals surface area contributed by atoms with Crippen LogP contribution in [-0.4, -0.2) is 0 Å². The summed E-state index contributed by atoms with van der Waals surface area (Å²) in [6, 6.07) is 117. The van der Waals surface area contributed by atoms with E-state index in [0.29, 0.717) is 0 Å². The van der Waals surface area contributed by atoms with Crippen molar-refractivity contribution >= 4 is 194 Å². The van der Waals surface area contributed by atoms with Crippen LogP contribution in [0.15, 0.2) is 309 Å². The van der Waals surface area contributed by atoms with Gasteiger partial charge >= 0.3 is 0 Å². The van der Waals surface area contributed by atoms with Crippen LogP contribution >= 0.6 is 0 Å². The minimum atomic E-state index is 0.107. The van der Waals surface area contributed by atoms with Crippen molar-refractivity contribution in [2.75, 3.05) is 0 Å². The van der Waals surface area contributed by atoms with E-state index in [-0.39, 0.29) is 48.7 Å². The van der Waals surface area contributed by atoms with E-state index < -0.39 is 0 Å². The lowest BCUT2D eigenvalue weighted by molar-refractivity contribution is 0.574. The molecule has 0 spiro atoms. The predicted octanol–water partition coefficient (Wildman–Crippen LogP) is 42.4. The fourth-order valence-corrected chi connectivity index (χ4v) is 26.9. The summed E-state index contributed by atoms with van der Waals surface area (Å²) in [5.74, 6) is 0. The second kappa shape index (κ2) is 30.8. The fraction of sp³-hybridized carbons (Fsp3) is 0.250. The molecule has 0 amide bonds. The zero-order chi connectivity index (χ0) is 100. The van der Waals surface area contributed by atoms with Gasteiger partial charge in [-0.25, -0.2) is 0 Å². The van der Waals surface area contributed by atoms with Crippen molar-refractivity contribution in [2.24, 2.45) is 0 Å². The summed E-state index contributed by atoms with van der Waals surface area (Å²) in [5, 5.41) is 51.0. The molecule has 0 nitrogen and oxygen atoms in total. The second-order valence-electron chi connectivity index (χ2n) is 52.1. The van der Waals surface area contributed by atoms with Gasteiger partial charge in [-0.15, -0.1) is 0 Å². The first kappa shape index (κ1) is 91.2. The Morgan fingerprint density at radius 1 is 0.104 bits per heavy atom. The Balaban J connectivity index is 0.0000000906. The Hall–Kier alpha value is -14.0. The maximum Gasteiger partial charge on any atom is -0.00112 e. The van der Waals surface area contributed by atoms with Gasteiger partial charge in [0.25, 0.3) is 0 Å². The highest BCUT2D eigenvalue weighted by atomic mass is 14.4. The first-order valence-corrected chi connectivity index (χ1v) is 52.9. The molecule has 6 aliphatic rings. The van der Waals surface area contributed by atoms with E-state index in [2.05, 4.69) is 496 Å². The van der Waals surface area contributed by atoms with E-state index in [1.807, 2.05) is 0 Å². The van der Waals surface area contributed by atoms with Crippen LogP contribution < -0.4 is 0 Å². The number of hydrogen-bond acceptors (Lipinski definition) is 0. The van der Waals surface area contributed by atoms with Crippen molar-refractivity contribution in [3.63, 3.8) is 0 Å². The van der Waals surface area contributed by atoms with E-state index in [4.69, 9.17) is 0 Å². The topological polar surface area (TPSA) is 0 Å². The van der Waals surface area contributed by atoms with Gasteiger partial charge in [0.15, 0.2) is 0 Å². The smallest absolute Gasteiger partial charge is 0.00112 e. The molecule has 24 aromatic carbocycles. The molecule has 0 atom stereocenters. The molecule has 0 heterocycles. The van der Waals surface area contributed by atoms with Crippen LogP contribution in [0.2, 0.25) is 0 Å². The number of fused-ring (bicyclic) bond motifs is 6. The molecule has 0 radical (unpaired) electrons. The van der Waals surface area contributed by atoms with Crippen LogP contribution in [-0.2, 0) is 48.7 Å². The first-order valence-electron chi connectivity index (χ1n) is 52.9. The van der Waals surface area contributed by atoms with E-state index in [0.717, 1.165) is 0 Å². The van der Waals surface area contributed by atoms with Crippen LogP contribution in [0.4, 0.5) is 0 Å². The second-order valence-corrected chi connectivity index (χ2v) is 52.1. The monoisotopic (exact) mass is 1860 g/mol. The van der Waals surface area contributed by atoms with Crippen molar-refractivity contribution in [1.29, 1.82) is 0 Å². The molecule has 0 bridgehead atoms. The molecular formula is C144H132. The first-order chi connectivity index (χ1) is 68.2. The lowest BCUT2D eigenvalue weighted by Crippen LogP contribution is -2.18. The highest BCUT2D eigenvalue weighted by Gasteiger charge is 2.39. The molecule has 0 saturated carbocycles. The Morgan fingerprint density at radius 3 is 0.646 bits per heavy atom. The van der Waals surface area contributed by atoms with Crippen LogP contribution in [0.3, 0.4) is 0 Å². The van der Waals surface area contributed by atoms with Crippen molar-refractivity contribution in [3.8, 4) is 66.8 Å². The average molecular weight is 1860 g/mol. The lowest BCUT2D eigenvalue weighted by atomic mass is 9.75. The SMILES string of the molecule is CC(C)(C)c1cc(C(C)(C)C)c2ccc3ccc4cccc5c4c3c2c1-5.CC(C)(C)c1cc2cccc3c2c2c1ccc1cccc-3c12.CC(C)(C)c1ccc2c3c1ccc1ccc4cccc-2c4c13.CC(C)(C)c1ccc2cc(C(C)(C)C)c3ccc4cccc5c4c3c2c1-5.CC(C)(C)c1ccc2ccc3ccc4ccc(C(C)(C)C)c5c4c3c2c1-5.CC(C)(C)c1ccc2ccc3ccc4cccc5c4c3c2c1-5. The van der Waals surface area contributed by atoms with Gasteiger partial charge in [0.1, 0.15) is 0 Å². The zero-order valence-corrected chi connectivity index (χ0v) is 89.4. The quantitative estimate of drug-likeness (QED) is 0.133. The van der Waals surface area contributed by atoms with E-state index >= 15 is 0 Å². The van der Waals surface area contributed by atoms with Crippen LogP contribution in [0, 0.1) is 0 Å². The number of rotatable bonds is 0. The molecule has 0 unspecified atom stereocenters. The Morgan fingerprint density at radius 2 is 0.292 bits per heavy atom. The van der Waals surface area contributed by atoms with E-state index in [1.165, 1.54) is 311 Å². The van der Waals surface area contributed by atoms with Gasteiger partial charge < -0.3 is 0 Å². The minimum Gasteiger partial charge on any atom is -0.0610 e. The molecule has 0 saturated heterocycles. The Labute approximate surface area is 849 Å². The molecule has 0 N–H and O–H groups in total. The van der Waals surface area contributed by atoms with Gasteiger partial charge in [-0.2, -0.15) is 0 Å². The summed E-state index contributed by atoms with van der Waals surface area (Å²) in [7, 11) is 0. The van der Waals surface area contributed by atoms with Crippen LogP contribution in [0.1, 0.15) is 237 Å². The van der Waals surface area contributed by atoms with Gasteiger partial charge in [-0.05, 0) is 372 Å². The maximum atomic E-state index is 2.49. The third-order valence-corrected chi connectivity index (χ3v) is 33.3. The van der Waals surface area contributed by atoms with Crippen molar-refractivity contribution < 1.29 is 0 Å². The molecule has 24 aromatic rings. The van der Waals surface area contributed by atoms with E-state index in [1.54, 1.807) is 0 Å². The van der Waals surface area contributed by atoms with Gasteiger partial charge in [0.2, 0.25) is 0 Å². The Bertz CT molecular complexity index is 9750. The number of hydrogen-bond donors (Lipinski definition) is 0. The lowest BCUT2D eigenvalue weighted by Gasteiger charge is -2.29. The highest BCUT2D eigenvalue weighted by molar-refractivity contribution is 6.40. The minimum absolute atomic E-state index is 0.107. The fourth-order valence-electron chi connectivity index (χ4n) is 26.9. The van der Waals surface area contributed by atoms with Gasteiger partial charge in [0.05, 0.1) is 0 Å². The summed E-state index contributed by atoms with van der Waals surface area (Å²) in [4.78, 5) is 0. The Kier molecular flexibility index (Phi) is 19.5. The third-order valence-electron chi connectivity index (χ3n) is 33.3. The average Bonchev–Trinajstić information content (AvgIpc) is 1.52. The zero-order valence-electron chi connectivity index (χ0n) is 89.4. The van der Waals surface area contributed by atoms with Crippen LogP contribution in [0.25, 0.3) is 261 Å². The number of benzene rings is 24. The molecule has 0 aromatic heterocycles. The summed E-state index contributed by atoms with van der Waals surface area (Å²) < 4.78 is 0. The maximum absolute atomic E-state index is 2.49. The highest BCUT2D eigenvalue weighted by Crippen LogP contribution is 2.61.